The van der Waals surface area contributed by atoms with E-state index in [1.54, 1.807) is 7.05 Å². The van der Waals surface area contributed by atoms with Crippen molar-refractivity contribution in [1.29, 1.82) is 0 Å². The van der Waals surface area contributed by atoms with Crippen LogP contribution < -0.4 is 21.5 Å². The Morgan fingerprint density at radius 2 is 1.90 bits per heavy atom. The van der Waals surface area contributed by atoms with Crippen LogP contribution in [0.4, 0.5) is 5.82 Å². The summed E-state index contributed by atoms with van der Waals surface area (Å²) in [7, 11) is 3.07. The monoisotopic (exact) mass is 281 g/mol. The van der Waals surface area contributed by atoms with E-state index >= 15 is 0 Å². The summed E-state index contributed by atoms with van der Waals surface area (Å²) >= 11 is 0. The van der Waals surface area contributed by atoms with Crippen LogP contribution in [-0.2, 0) is 14.1 Å². The van der Waals surface area contributed by atoms with Gasteiger partial charge in [0, 0.05) is 27.2 Å². The summed E-state index contributed by atoms with van der Waals surface area (Å²) in [5.74, 6) is 1.04. The van der Waals surface area contributed by atoms with Crippen LogP contribution in [0.3, 0.4) is 0 Å². The largest absolute Gasteiger partial charge is 0.351 e. The fraction of sp³-hybridized carbons (Fsp3) is 0.769. The Hall–Kier alpha value is -1.63. The Morgan fingerprint density at radius 1 is 1.25 bits per heavy atom. The van der Waals surface area contributed by atoms with Gasteiger partial charge < -0.3 is 10.2 Å². The van der Waals surface area contributed by atoms with Gasteiger partial charge >= 0.3 is 5.69 Å². The maximum Gasteiger partial charge on any atom is 0.346 e. The number of hydrogen-bond donors (Lipinski definition) is 1. The highest BCUT2D eigenvalue weighted by Gasteiger charge is 2.23. The number of piperidine rings is 1. The van der Waals surface area contributed by atoms with Crippen LogP contribution in [0.2, 0.25) is 0 Å². The van der Waals surface area contributed by atoms with Gasteiger partial charge in [-0.15, -0.1) is 5.10 Å². The normalized spacial score (nSPS) is 16.6. The fourth-order valence-electron chi connectivity index (χ4n) is 2.58. The number of rotatable bonds is 4. The van der Waals surface area contributed by atoms with Gasteiger partial charge in [-0.3, -0.25) is 9.36 Å². The molecule has 0 spiro atoms. The highest BCUT2D eigenvalue weighted by molar-refractivity contribution is 5.35. The summed E-state index contributed by atoms with van der Waals surface area (Å²) in [6.45, 7) is 5.76. The third-order valence-corrected chi connectivity index (χ3v) is 3.90. The molecule has 0 saturated carbocycles. The van der Waals surface area contributed by atoms with Crippen molar-refractivity contribution < 1.29 is 0 Å². The molecule has 7 heteroatoms. The second kappa shape index (κ2) is 6.21. The van der Waals surface area contributed by atoms with E-state index in [1.807, 2.05) is 4.90 Å². The standard InChI is InChI=1S/C13H23N5O2/c1-4-14-9-10-5-7-18(8-6-10)11-12(19)16(2)13(20)17(3)15-11/h10,14H,4-9H2,1-3H3. The summed E-state index contributed by atoms with van der Waals surface area (Å²) in [6.07, 6.45) is 2.08. The molecule has 1 aromatic rings. The molecular weight excluding hydrogens is 258 g/mol. The van der Waals surface area contributed by atoms with Crippen LogP contribution in [0.15, 0.2) is 9.59 Å². The van der Waals surface area contributed by atoms with Gasteiger partial charge in [-0.25, -0.2) is 9.48 Å². The van der Waals surface area contributed by atoms with Gasteiger partial charge in [-0.05, 0) is 31.8 Å². The zero-order chi connectivity index (χ0) is 14.7. The minimum atomic E-state index is -0.388. The van der Waals surface area contributed by atoms with Crippen LogP contribution in [0, 0.1) is 5.92 Å². The smallest absolute Gasteiger partial charge is 0.346 e. The van der Waals surface area contributed by atoms with Crippen molar-refractivity contribution in [2.45, 2.75) is 19.8 Å². The summed E-state index contributed by atoms with van der Waals surface area (Å²) in [4.78, 5) is 25.7. The van der Waals surface area contributed by atoms with E-state index in [0.29, 0.717) is 11.7 Å². The molecule has 0 bridgehead atoms. The molecular formula is C13H23N5O2. The van der Waals surface area contributed by atoms with Crippen molar-refractivity contribution >= 4 is 5.82 Å². The fourth-order valence-corrected chi connectivity index (χ4v) is 2.58. The lowest BCUT2D eigenvalue weighted by molar-refractivity contribution is 0.382. The second-order valence-corrected chi connectivity index (χ2v) is 5.33. The van der Waals surface area contributed by atoms with Crippen molar-refractivity contribution in [2.75, 3.05) is 31.1 Å². The van der Waals surface area contributed by atoms with Crippen molar-refractivity contribution in [2.24, 2.45) is 20.0 Å². The zero-order valence-corrected chi connectivity index (χ0v) is 12.4. The molecule has 1 aliphatic heterocycles. The number of aryl methyl sites for hydroxylation is 1. The highest BCUT2D eigenvalue weighted by Crippen LogP contribution is 2.18. The maximum atomic E-state index is 12.1. The Labute approximate surface area is 118 Å². The molecule has 0 unspecified atom stereocenters. The minimum absolute atomic E-state index is 0.307. The van der Waals surface area contributed by atoms with Gasteiger partial charge in [0.25, 0.3) is 5.56 Å². The van der Waals surface area contributed by atoms with Crippen molar-refractivity contribution in [3.05, 3.63) is 20.8 Å². The average molecular weight is 281 g/mol. The van der Waals surface area contributed by atoms with Gasteiger partial charge in [0.1, 0.15) is 0 Å². The van der Waals surface area contributed by atoms with Crippen molar-refractivity contribution in [3.8, 4) is 0 Å². The number of nitrogens with one attached hydrogen (secondary N) is 1. The van der Waals surface area contributed by atoms with E-state index < -0.39 is 0 Å². The molecule has 7 nitrogen and oxygen atoms in total. The average Bonchev–Trinajstić information content (AvgIpc) is 2.47. The first-order chi connectivity index (χ1) is 9.54. The van der Waals surface area contributed by atoms with Crippen LogP contribution in [0.25, 0.3) is 0 Å². The Morgan fingerprint density at radius 3 is 2.50 bits per heavy atom. The molecule has 1 aromatic heterocycles. The summed E-state index contributed by atoms with van der Waals surface area (Å²) < 4.78 is 2.34. The third-order valence-electron chi connectivity index (χ3n) is 3.90. The predicted molar refractivity (Wildman–Crippen MR) is 78.2 cm³/mol. The quantitative estimate of drug-likeness (QED) is 0.790. The summed E-state index contributed by atoms with van der Waals surface area (Å²) in [6, 6.07) is 0. The molecule has 1 saturated heterocycles. The van der Waals surface area contributed by atoms with Crippen molar-refractivity contribution in [3.63, 3.8) is 0 Å². The van der Waals surface area contributed by atoms with E-state index in [4.69, 9.17) is 0 Å². The van der Waals surface area contributed by atoms with E-state index in [0.717, 1.165) is 43.6 Å². The van der Waals surface area contributed by atoms with Crippen LogP contribution in [0.1, 0.15) is 19.8 Å². The molecule has 20 heavy (non-hydrogen) atoms. The Bertz CT molecular complexity index is 569. The molecule has 1 fully saturated rings. The highest BCUT2D eigenvalue weighted by atomic mass is 16.2. The van der Waals surface area contributed by atoms with Crippen LogP contribution >= 0.6 is 0 Å². The zero-order valence-electron chi connectivity index (χ0n) is 12.4. The van der Waals surface area contributed by atoms with Crippen LogP contribution in [-0.4, -0.2) is 40.5 Å². The first-order valence-corrected chi connectivity index (χ1v) is 7.14. The Kier molecular flexibility index (Phi) is 4.59. The van der Waals surface area contributed by atoms with E-state index in [1.165, 1.54) is 11.7 Å². The number of aromatic nitrogens is 3. The van der Waals surface area contributed by atoms with Crippen LogP contribution in [0.5, 0.6) is 0 Å². The Balaban J connectivity index is 2.12. The van der Waals surface area contributed by atoms with Gasteiger partial charge in [-0.2, -0.15) is 0 Å². The number of nitrogens with zero attached hydrogens (tertiary/aromatic N) is 4. The third kappa shape index (κ3) is 2.92. The molecule has 1 N–H and O–H groups in total. The van der Waals surface area contributed by atoms with Gasteiger partial charge in [0.2, 0.25) is 5.82 Å². The molecule has 2 rings (SSSR count). The van der Waals surface area contributed by atoms with Gasteiger partial charge in [-0.1, -0.05) is 6.92 Å². The molecule has 1 aliphatic rings. The second-order valence-electron chi connectivity index (χ2n) is 5.33. The summed E-state index contributed by atoms with van der Waals surface area (Å²) in [5.41, 5.74) is -0.695. The topological polar surface area (TPSA) is 72.2 Å². The van der Waals surface area contributed by atoms with Gasteiger partial charge in [0.15, 0.2) is 0 Å². The van der Waals surface area contributed by atoms with Crippen molar-refractivity contribution in [1.82, 2.24) is 19.7 Å². The van der Waals surface area contributed by atoms with E-state index in [9.17, 15) is 9.59 Å². The number of anilines is 1. The first kappa shape index (κ1) is 14.8. The lowest BCUT2D eigenvalue weighted by Crippen LogP contribution is -2.46. The molecule has 0 radical (unpaired) electrons. The number of hydrogen-bond acceptors (Lipinski definition) is 5. The van der Waals surface area contributed by atoms with E-state index in [2.05, 4.69) is 17.3 Å². The summed E-state index contributed by atoms with van der Waals surface area (Å²) in [5, 5.41) is 7.49. The molecule has 0 aromatic carbocycles. The minimum Gasteiger partial charge on any atom is -0.351 e. The molecule has 0 aliphatic carbocycles. The molecule has 2 heterocycles. The molecule has 0 amide bonds. The van der Waals surface area contributed by atoms with Gasteiger partial charge in [0.05, 0.1) is 0 Å². The SMILES string of the molecule is CCNCC1CCN(c2nn(C)c(=O)n(C)c2=O)CC1. The molecule has 112 valence electrons. The van der Waals surface area contributed by atoms with E-state index in [-0.39, 0.29) is 11.2 Å². The first-order valence-electron chi connectivity index (χ1n) is 7.14. The lowest BCUT2D eigenvalue weighted by Gasteiger charge is -2.32. The molecule has 0 atom stereocenters. The maximum absolute atomic E-state index is 12.1. The lowest BCUT2D eigenvalue weighted by atomic mass is 9.97. The predicted octanol–water partition coefficient (Wildman–Crippen LogP) is -0.695.